The van der Waals surface area contributed by atoms with E-state index in [2.05, 4.69) is 6.92 Å². The van der Waals surface area contributed by atoms with Crippen LogP contribution in [0.3, 0.4) is 0 Å². The SMILES string of the molecule is CCCCCCCCCCCCCCCCCC(=O)OC[C@]12[C@H](O)C(=O)C(C)=C[C@H]1O[C@@H]1[C@H](O)C[C@@]2(C)C12CO2. The minimum atomic E-state index is -1.39. The number of ketones is 1. The quantitative estimate of drug-likeness (QED) is 0.120. The van der Waals surface area contributed by atoms with Crippen molar-refractivity contribution in [2.45, 2.75) is 160 Å². The molecule has 3 fully saturated rings. The van der Waals surface area contributed by atoms with Gasteiger partial charge in [0.1, 0.15) is 24.4 Å². The van der Waals surface area contributed by atoms with Gasteiger partial charge in [0, 0.05) is 11.8 Å². The van der Waals surface area contributed by atoms with Crippen molar-refractivity contribution in [3.05, 3.63) is 11.6 Å². The molecule has 40 heavy (non-hydrogen) atoms. The molecule has 1 unspecified atom stereocenters. The number of aliphatic hydroxyl groups excluding tert-OH is 2. The van der Waals surface area contributed by atoms with E-state index in [0.717, 1.165) is 19.3 Å². The third kappa shape index (κ3) is 6.09. The Kier molecular flexibility index (Phi) is 10.9. The number of carbonyl (C=O) groups is 2. The van der Waals surface area contributed by atoms with Crippen LogP contribution in [0.5, 0.6) is 0 Å². The molecule has 0 aromatic carbocycles. The zero-order valence-corrected chi connectivity index (χ0v) is 25.3. The lowest BCUT2D eigenvalue weighted by Gasteiger charge is -2.58. The van der Waals surface area contributed by atoms with Gasteiger partial charge in [-0.25, -0.2) is 0 Å². The summed E-state index contributed by atoms with van der Waals surface area (Å²) in [4.78, 5) is 25.7. The molecular weight excluding hydrogens is 508 g/mol. The van der Waals surface area contributed by atoms with Gasteiger partial charge in [-0.3, -0.25) is 9.59 Å². The lowest BCUT2D eigenvalue weighted by atomic mass is 9.50. The number of epoxide rings is 1. The molecule has 7 atom stereocenters. The van der Waals surface area contributed by atoms with Crippen molar-refractivity contribution in [1.82, 2.24) is 0 Å². The number of hydrogen-bond donors (Lipinski definition) is 2. The number of Topliss-reactive ketones (excluding diaryl/α,β-unsaturated/α-hetero) is 1. The fraction of sp³-hybridized carbons (Fsp3) is 0.879. The second kappa shape index (κ2) is 13.8. The van der Waals surface area contributed by atoms with Crippen molar-refractivity contribution in [2.24, 2.45) is 10.8 Å². The topological polar surface area (TPSA) is 106 Å². The van der Waals surface area contributed by atoms with Crippen LogP contribution in [-0.2, 0) is 23.8 Å². The average Bonchev–Trinajstić information content (AvgIpc) is 3.71. The summed E-state index contributed by atoms with van der Waals surface area (Å²) in [6, 6.07) is 0. The highest BCUT2D eigenvalue weighted by Crippen LogP contribution is 2.71. The predicted molar refractivity (Wildman–Crippen MR) is 154 cm³/mol. The minimum absolute atomic E-state index is 0.132. The number of rotatable bonds is 18. The van der Waals surface area contributed by atoms with Crippen molar-refractivity contribution in [2.75, 3.05) is 13.2 Å². The van der Waals surface area contributed by atoms with Crippen LogP contribution in [-0.4, -0.2) is 65.2 Å². The highest BCUT2D eigenvalue weighted by atomic mass is 16.6. The van der Waals surface area contributed by atoms with Gasteiger partial charge in [-0.1, -0.05) is 104 Å². The summed E-state index contributed by atoms with van der Waals surface area (Å²) in [5.41, 5.74) is -2.29. The van der Waals surface area contributed by atoms with Crippen LogP contribution in [0, 0.1) is 10.8 Å². The van der Waals surface area contributed by atoms with Gasteiger partial charge in [0.05, 0.1) is 24.2 Å². The Morgan fingerprint density at radius 1 is 0.950 bits per heavy atom. The van der Waals surface area contributed by atoms with E-state index in [4.69, 9.17) is 14.2 Å². The van der Waals surface area contributed by atoms with Crippen LogP contribution in [0.15, 0.2) is 11.6 Å². The number of fused-ring (bicyclic) bond motifs is 2. The van der Waals surface area contributed by atoms with Crippen molar-refractivity contribution in [3.8, 4) is 0 Å². The first-order valence-electron chi connectivity index (χ1n) is 16.3. The van der Waals surface area contributed by atoms with Crippen LogP contribution >= 0.6 is 0 Å². The van der Waals surface area contributed by atoms with Crippen molar-refractivity contribution >= 4 is 11.8 Å². The molecule has 2 heterocycles. The van der Waals surface area contributed by atoms with Crippen molar-refractivity contribution in [1.29, 1.82) is 0 Å². The molecule has 0 radical (unpaired) electrons. The van der Waals surface area contributed by atoms with Crippen LogP contribution < -0.4 is 0 Å². The molecule has 2 bridgehead atoms. The van der Waals surface area contributed by atoms with E-state index in [1.807, 2.05) is 6.92 Å². The Labute approximate surface area is 241 Å². The molecule has 2 saturated heterocycles. The van der Waals surface area contributed by atoms with E-state index in [-0.39, 0.29) is 18.4 Å². The molecule has 2 aliphatic carbocycles. The van der Waals surface area contributed by atoms with Gasteiger partial charge in [0.15, 0.2) is 5.78 Å². The smallest absolute Gasteiger partial charge is 0.305 e. The monoisotopic (exact) mass is 562 g/mol. The molecule has 0 amide bonds. The molecule has 1 saturated carbocycles. The third-order valence-corrected chi connectivity index (χ3v) is 10.6. The summed E-state index contributed by atoms with van der Waals surface area (Å²) < 4.78 is 18.0. The first-order valence-corrected chi connectivity index (χ1v) is 16.3. The summed E-state index contributed by atoms with van der Waals surface area (Å²) >= 11 is 0. The Hall–Kier alpha value is -1.28. The van der Waals surface area contributed by atoms with E-state index in [0.29, 0.717) is 25.0 Å². The molecule has 0 aromatic heterocycles. The minimum Gasteiger partial charge on any atom is -0.465 e. The first-order chi connectivity index (χ1) is 19.2. The highest BCUT2D eigenvalue weighted by Gasteiger charge is 2.83. The Morgan fingerprint density at radius 3 is 2.00 bits per heavy atom. The van der Waals surface area contributed by atoms with Gasteiger partial charge in [0.2, 0.25) is 0 Å². The molecule has 7 heteroatoms. The largest absolute Gasteiger partial charge is 0.465 e. The molecule has 4 rings (SSSR count). The van der Waals surface area contributed by atoms with Gasteiger partial charge in [-0.15, -0.1) is 0 Å². The summed E-state index contributed by atoms with van der Waals surface area (Å²) in [6.07, 6.45) is 18.1. The molecule has 1 spiro atoms. The molecule has 2 aliphatic heterocycles. The normalized spacial score (nSPS) is 36.0. The molecular formula is C33H54O7. The highest BCUT2D eigenvalue weighted by molar-refractivity contribution is 6.00. The van der Waals surface area contributed by atoms with E-state index in [9.17, 15) is 19.8 Å². The number of ether oxygens (including phenoxy) is 3. The summed E-state index contributed by atoms with van der Waals surface area (Å²) in [5, 5.41) is 22.2. The number of esters is 1. The standard InChI is InChI=1S/C33H54O7/c1-4-5-6-7-8-9-10-11-12-13-14-15-16-17-18-19-27(35)38-22-32-26(20-24(2)28(36)29(32)37)40-30-25(34)21-31(32,3)33(30)23-39-33/h20,25-26,29-30,34,37H,4-19,21-23H2,1-3H3/t25-,26-,29-,30-,31-,32-,33?/m1/s1. The van der Waals surface area contributed by atoms with E-state index in [1.165, 1.54) is 77.0 Å². The second-order valence-corrected chi connectivity index (χ2v) is 13.3. The molecule has 7 nitrogen and oxygen atoms in total. The fourth-order valence-corrected chi connectivity index (χ4v) is 7.90. The third-order valence-electron chi connectivity index (χ3n) is 10.6. The molecule has 0 aromatic rings. The maximum atomic E-state index is 13.0. The fourth-order valence-electron chi connectivity index (χ4n) is 7.90. The zero-order chi connectivity index (χ0) is 28.8. The van der Waals surface area contributed by atoms with E-state index < -0.39 is 40.8 Å². The molecule has 2 N–H and O–H groups in total. The van der Waals surface area contributed by atoms with Gasteiger partial charge >= 0.3 is 5.97 Å². The average molecular weight is 563 g/mol. The maximum Gasteiger partial charge on any atom is 0.305 e. The van der Waals surface area contributed by atoms with Crippen molar-refractivity contribution < 1.29 is 34.0 Å². The molecule has 228 valence electrons. The number of unbranched alkanes of at least 4 members (excludes halogenated alkanes) is 14. The van der Waals surface area contributed by atoms with Crippen LogP contribution in [0.25, 0.3) is 0 Å². The van der Waals surface area contributed by atoms with E-state index in [1.54, 1.807) is 13.0 Å². The zero-order valence-electron chi connectivity index (χ0n) is 25.3. The summed E-state index contributed by atoms with van der Waals surface area (Å²) in [7, 11) is 0. The van der Waals surface area contributed by atoms with Gasteiger partial charge in [0.25, 0.3) is 0 Å². The first kappa shape index (κ1) is 31.7. The Morgan fingerprint density at radius 2 is 1.48 bits per heavy atom. The lowest BCUT2D eigenvalue weighted by molar-refractivity contribution is -0.247. The lowest BCUT2D eigenvalue weighted by Crippen LogP contribution is -2.70. The van der Waals surface area contributed by atoms with Gasteiger partial charge in [-0.2, -0.15) is 0 Å². The predicted octanol–water partition coefficient (Wildman–Crippen LogP) is 5.97. The van der Waals surface area contributed by atoms with Gasteiger partial charge in [-0.05, 0) is 31.4 Å². The maximum absolute atomic E-state index is 13.0. The number of hydrogen-bond acceptors (Lipinski definition) is 7. The van der Waals surface area contributed by atoms with Crippen LogP contribution in [0.2, 0.25) is 0 Å². The van der Waals surface area contributed by atoms with Crippen LogP contribution in [0.4, 0.5) is 0 Å². The van der Waals surface area contributed by atoms with E-state index >= 15 is 0 Å². The second-order valence-electron chi connectivity index (χ2n) is 13.3. The molecule has 4 aliphatic rings. The Balaban J connectivity index is 1.15. The van der Waals surface area contributed by atoms with Gasteiger partial charge < -0.3 is 24.4 Å². The Bertz CT molecular complexity index is 895. The summed E-state index contributed by atoms with van der Waals surface area (Å²) in [5.74, 6) is -0.695. The number of carbonyl (C=O) groups excluding carboxylic acids is 2. The summed E-state index contributed by atoms with van der Waals surface area (Å²) in [6.45, 7) is 6.15. The van der Waals surface area contributed by atoms with Crippen molar-refractivity contribution in [3.63, 3.8) is 0 Å². The number of aliphatic hydroxyl groups is 2. The van der Waals surface area contributed by atoms with Crippen LogP contribution in [0.1, 0.15) is 130 Å².